The highest BCUT2D eigenvalue weighted by atomic mass is 19.1. The average molecular weight is 705 g/mol. The number of methoxy groups -OCH3 is 2. The molecule has 0 unspecified atom stereocenters. The topological polar surface area (TPSA) is 224 Å². The molecule has 0 aliphatic carbocycles. The van der Waals surface area contributed by atoms with Crippen molar-refractivity contribution in [3.8, 4) is 0 Å². The maximum Gasteiger partial charge on any atom is 0.408 e. The molecule has 1 aromatic carbocycles. The lowest BCUT2D eigenvalue weighted by Crippen LogP contribution is -2.58. The summed E-state index contributed by atoms with van der Waals surface area (Å²) in [7, 11) is 2.21. The van der Waals surface area contributed by atoms with E-state index < -0.39 is 78.8 Å². The molecule has 17 heteroatoms. The quantitative estimate of drug-likeness (QED) is 0.0917. The van der Waals surface area contributed by atoms with Crippen LogP contribution in [0.25, 0.3) is 0 Å². The number of ketones is 1. The fraction of sp³-hybridized carbons (Fsp3) is 0.515. The molecule has 5 N–H and O–H groups in total. The first-order valence-electron chi connectivity index (χ1n) is 15.9. The zero-order chi connectivity index (χ0) is 37.1. The van der Waals surface area contributed by atoms with Gasteiger partial charge in [0.15, 0.2) is 5.78 Å². The Morgan fingerprint density at radius 1 is 0.800 bits per heavy atom. The molecule has 0 bridgehead atoms. The van der Waals surface area contributed by atoms with Crippen LogP contribution in [0.1, 0.15) is 57.2 Å². The summed E-state index contributed by atoms with van der Waals surface area (Å²) in [6.07, 6.45) is 1.12. The molecule has 0 saturated heterocycles. The zero-order valence-electron chi connectivity index (χ0n) is 28.5. The van der Waals surface area contributed by atoms with Crippen LogP contribution in [0.15, 0.2) is 42.9 Å². The number of nitrogens with zero attached hydrogens (tertiary/aromatic N) is 1. The number of carbonyl (C=O) groups excluding carboxylic acids is 7. The van der Waals surface area contributed by atoms with Gasteiger partial charge < -0.3 is 40.5 Å². The summed E-state index contributed by atoms with van der Waals surface area (Å²) in [6.45, 7) is 2.12. The second kappa shape index (κ2) is 21.6. The highest BCUT2D eigenvalue weighted by molar-refractivity contribution is 5.97. The van der Waals surface area contributed by atoms with Gasteiger partial charge >= 0.3 is 18.0 Å². The number of aryl methyl sites for hydroxylation is 1. The minimum atomic E-state index is -1.58. The second-order valence-corrected chi connectivity index (χ2v) is 11.7. The molecular weight excluding hydrogens is 659 g/mol. The fourth-order valence-corrected chi connectivity index (χ4v) is 4.64. The molecule has 0 aliphatic heterocycles. The van der Waals surface area contributed by atoms with Gasteiger partial charge in [-0.3, -0.25) is 28.8 Å². The summed E-state index contributed by atoms with van der Waals surface area (Å²) in [5, 5.41) is 9.91. The molecular formula is C33H45FN6O10. The van der Waals surface area contributed by atoms with Gasteiger partial charge in [0.2, 0.25) is 17.7 Å². The molecule has 1 aromatic heterocycles. The summed E-state index contributed by atoms with van der Waals surface area (Å²) in [5.74, 6) is -5.29. The normalized spacial score (nSPS) is 13.2. The van der Waals surface area contributed by atoms with Gasteiger partial charge in [-0.1, -0.05) is 44.2 Å². The van der Waals surface area contributed by atoms with E-state index in [1.54, 1.807) is 24.3 Å². The number of benzene rings is 1. The molecule has 2 rings (SSSR count). The number of ether oxygens (including phenoxy) is 3. The van der Waals surface area contributed by atoms with Gasteiger partial charge in [0.25, 0.3) is 0 Å². The lowest BCUT2D eigenvalue weighted by Gasteiger charge is -2.26. The Labute approximate surface area is 289 Å². The number of nitrogens with one attached hydrogen (secondary N) is 5. The van der Waals surface area contributed by atoms with Gasteiger partial charge in [0.1, 0.15) is 37.4 Å². The number of hydrogen-bond donors (Lipinski definition) is 5. The van der Waals surface area contributed by atoms with E-state index in [1.807, 2.05) is 19.9 Å². The largest absolute Gasteiger partial charge is 0.469 e. The van der Waals surface area contributed by atoms with Gasteiger partial charge in [-0.25, -0.2) is 14.2 Å². The Morgan fingerprint density at radius 3 is 1.96 bits per heavy atom. The van der Waals surface area contributed by atoms with Crippen LogP contribution in [0.3, 0.4) is 0 Å². The highest BCUT2D eigenvalue weighted by Gasteiger charge is 2.33. The number of alkyl halides is 1. The number of H-pyrrole nitrogens is 1. The van der Waals surface area contributed by atoms with Crippen molar-refractivity contribution in [2.75, 3.05) is 20.9 Å². The number of alkyl carbamates (subject to hydrolysis) is 1. The third-order valence-corrected chi connectivity index (χ3v) is 7.35. The van der Waals surface area contributed by atoms with Crippen molar-refractivity contribution >= 4 is 41.5 Å². The molecule has 4 atom stereocenters. The summed E-state index contributed by atoms with van der Waals surface area (Å²) in [6, 6.07) is 3.40. The summed E-state index contributed by atoms with van der Waals surface area (Å²) >= 11 is 0. The van der Waals surface area contributed by atoms with E-state index in [1.165, 1.54) is 12.5 Å². The second-order valence-electron chi connectivity index (χ2n) is 11.7. The monoisotopic (exact) mass is 704 g/mol. The lowest BCUT2D eigenvalue weighted by atomic mass is 10.0. The Bertz CT molecular complexity index is 1420. The zero-order valence-corrected chi connectivity index (χ0v) is 28.5. The number of imidazole rings is 1. The lowest BCUT2D eigenvalue weighted by molar-refractivity contribution is -0.144. The smallest absolute Gasteiger partial charge is 0.408 e. The number of Topliss-reactive ketones (excluding diaryl/α,β-unsaturated/α-hetero) is 1. The van der Waals surface area contributed by atoms with Crippen molar-refractivity contribution in [2.24, 2.45) is 5.92 Å². The Balaban J connectivity index is 2.27. The number of amides is 4. The van der Waals surface area contributed by atoms with Crippen LogP contribution < -0.4 is 21.3 Å². The summed E-state index contributed by atoms with van der Waals surface area (Å²) in [5.41, 5.74) is 1.32. The first-order valence-corrected chi connectivity index (χ1v) is 15.9. The predicted molar refractivity (Wildman–Crippen MR) is 175 cm³/mol. The number of aromatic nitrogens is 2. The van der Waals surface area contributed by atoms with Crippen LogP contribution >= 0.6 is 0 Å². The van der Waals surface area contributed by atoms with Crippen LogP contribution in [-0.4, -0.2) is 96.6 Å². The van der Waals surface area contributed by atoms with Crippen LogP contribution in [0.5, 0.6) is 0 Å². The third-order valence-electron chi connectivity index (χ3n) is 7.35. The Morgan fingerprint density at radius 2 is 1.40 bits per heavy atom. The minimum Gasteiger partial charge on any atom is -0.469 e. The number of carbonyl (C=O) groups is 7. The van der Waals surface area contributed by atoms with Crippen LogP contribution in [0.2, 0.25) is 0 Å². The van der Waals surface area contributed by atoms with Crippen molar-refractivity contribution in [2.45, 2.75) is 83.1 Å². The van der Waals surface area contributed by atoms with E-state index in [-0.39, 0.29) is 44.6 Å². The molecule has 0 radical (unpaired) electrons. The average Bonchev–Trinajstić information content (AvgIpc) is 3.63. The maximum absolute atomic E-state index is 13.7. The molecule has 2 aromatic rings. The molecule has 4 amide bonds. The van der Waals surface area contributed by atoms with Crippen LogP contribution in [0.4, 0.5) is 9.18 Å². The van der Waals surface area contributed by atoms with Crippen LogP contribution in [0, 0.1) is 5.92 Å². The molecule has 0 spiro atoms. The number of aromatic amines is 1. The number of rotatable bonds is 21. The van der Waals surface area contributed by atoms with Gasteiger partial charge in [-0.2, -0.15) is 0 Å². The number of halogens is 1. The number of esters is 2. The molecule has 0 aliphatic rings. The third kappa shape index (κ3) is 14.8. The van der Waals surface area contributed by atoms with Gasteiger partial charge in [0.05, 0.1) is 27.0 Å². The highest BCUT2D eigenvalue weighted by Crippen LogP contribution is 2.10. The molecule has 0 saturated carbocycles. The molecule has 16 nitrogen and oxygen atoms in total. The van der Waals surface area contributed by atoms with Crippen molar-refractivity contribution in [1.29, 1.82) is 0 Å². The summed E-state index contributed by atoms with van der Waals surface area (Å²) in [4.78, 5) is 96.1. The fourth-order valence-electron chi connectivity index (χ4n) is 4.64. The van der Waals surface area contributed by atoms with E-state index in [2.05, 4.69) is 40.7 Å². The standard InChI is InChI=1S/C33H45FN6O10/c1-20(2)14-26(40-33(47)50-18-21-8-6-5-7-9-21)32(46)38-24(12-13-28(42)48-3)30(44)37-23(11-10-22-17-35-19-36-22)31(45)39-25(27(41)16-34)15-29(43)49-4/h5-9,17,19-20,23-26H,10-16,18H2,1-4H3,(H,35,36)(H,37,44)(H,38,46)(H,39,45)(H,40,47)/t23-,24-,25-,26-/m0/s1. The maximum atomic E-state index is 13.7. The van der Waals surface area contributed by atoms with Crippen molar-refractivity contribution in [1.82, 2.24) is 31.2 Å². The summed E-state index contributed by atoms with van der Waals surface area (Å²) < 4.78 is 27.8. The van der Waals surface area contributed by atoms with Gasteiger partial charge in [-0.05, 0) is 37.2 Å². The predicted octanol–water partition coefficient (Wildman–Crippen LogP) is 1.19. The van der Waals surface area contributed by atoms with E-state index in [0.717, 1.165) is 19.8 Å². The molecule has 0 fully saturated rings. The Kier molecular flexibility index (Phi) is 17.6. The first-order chi connectivity index (χ1) is 23.9. The van der Waals surface area contributed by atoms with E-state index >= 15 is 0 Å². The number of hydrogen-bond acceptors (Lipinski definition) is 11. The minimum absolute atomic E-state index is 0.0493. The first kappa shape index (κ1) is 40.8. The van der Waals surface area contributed by atoms with E-state index in [9.17, 15) is 38.0 Å². The SMILES string of the molecule is COC(=O)CC[C@H](NC(=O)[C@H](CC(C)C)NC(=O)OCc1ccccc1)C(=O)N[C@@H](CCc1cnc[nH]1)C(=O)N[C@@H](CC(=O)OC)C(=O)CF. The molecule has 1 heterocycles. The van der Waals surface area contributed by atoms with Crippen molar-refractivity contribution < 1.29 is 52.2 Å². The van der Waals surface area contributed by atoms with Gasteiger partial charge in [0, 0.05) is 18.3 Å². The van der Waals surface area contributed by atoms with Crippen molar-refractivity contribution in [3.05, 3.63) is 54.1 Å². The van der Waals surface area contributed by atoms with Gasteiger partial charge in [-0.15, -0.1) is 0 Å². The van der Waals surface area contributed by atoms with E-state index in [0.29, 0.717) is 5.69 Å². The molecule has 50 heavy (non-hydrogen) atoms. The van der Waals surface area contributed by atoms with E-state index in [4.69, 9.17) is 4.74 Å². The Hall–Kier alpha value is -5.35. The van der Waals surface area contributed by atoms with Crippen LogP contribution in [-0.2, 0) is 56.0 Å². The van der Waals surface area contributed by atoms with Crippen molar-refractivity contribution in [3.63, 3.8) is 0 Å². The molecule has 274 valence electrons.